The average molecular weight is 296 g/mol. The molecule has 1 aromatic carbocycles. The maximum absolute atomic E-state index is 13.7. The Kier molecular flexibility index (Phi) is 4.89. The monoisotopic (exact) mass is 296 g/mol. The highest BCUT2D eigenvalue weighted by molar-refractivity contribution is 5.28. The topological polar surface area (TPSA) is 9.23 Å². The summed E-state index contributed by atoms with van der Waals surface area (Å²) in [7, 11) is 4.62. The molecule has 0 amide bonds. The highest BCUT2D eigenvalue weighted by atomic mass is 19.1. The molecule has 0 saturated carbocycles. The molecule has 0 unspecified atom stereocenters. The van der Waals surface area contributed by atoms with Crippen molar-refractivity contribution in [1.29, 1.82) is 0 Å². The lowest BCUT2D eigenvalue weighted by Gasteiger charge is -2.45. The lowest BCUT2D eigenvalue weighted by Crippen LogP contribution is -2.64. The van der Waals surface area contributed by atoms with Crippen molar-refractivity contribution in [3.05, 3.63) is 29.6 Å². The smallest absolute Gasteiger partial charge is 0.165 e. The van der Waals surface area contributed by atoms with Gasteiger partial charge in [-0.05, 0) is 31.5 Å². The van der Waals surface area contributed by atoms with Gasteiger partial charge in [0.2, 0.25) is 0 Å². The maximum Gasteiger partial charge on any atom is 0.165 e. The second kappa shape index (κ2) is 6.32. The molecule has 0 aromatic heterocycles. The summed E-state index contributed by atoms with van der Waals surface area (Å²) >= 11 is 0. The zero-order valence-electron chi connectivity index (χ0n) is 13.9. The summed E-state index contributed by atoms with van der Waals surface area (Å²) in [5.74, 6) is 0.116. The number of quaternary nitrogens is 2. The van der Waals surface area contributed by atoms with E-state index in [1.54, 1.807) is 6.07 Å². The van der Waals surface area contributed by atoms with Gasteiger partial charge in [-0.1, -0.05) is 6.07 Å². The van der Waals surface area contributed by atoms with E-state index >= 15 is 0 Å². The summed E-state index contributed by atoms with van der Waals surface area (Å²) in [4.78, 5) is 0. The van der Waals surface area contributed by atoms with Crippen molar-refractivity contribution < 1.29 is 18.1 Å². The number of rotatable bonds is 5. The summed E-state index contributed by atoms with van der Waals surface area (Å²) in [6.45, 7) is 11.6. The van der Waals surface area contributed by atoms with Gasteiger partial charge in [-0.3, -0.25) is 0 Å². The number of halogens is 1. The van der Waals surface area contributed by atoms with Crippen LogP contribution in [0.2, 0.25) is 0 Å². The molecule has 1 aliphatic rings. The third-order valence-electron chi connectivity index (χ3n) is 5.10. The Morgan fingerprint density at radius 3 is 2.29 bits per heavy atom. The maximum atomic E-state index is 13.7. The van der Waals surface area contributed by atoms with Crippen molar-refractivity contribution in [3.63, 3.8) is 0 Å². The lowest BCUT2D eigenvalue weighted by atomic mass is 10.2. The molecule has 0 atom stereocenters. The fraction of sp³-hybridized carbons (Fsp3) is 0.647. The summed E-state index contributed by atoms with van der Waals surface area (Å²) in [6.07, 6.45) is 0. The van der Waals surface area contributed by atoms with Gasteiger partial charge in [0.15, 0.2) is 11.6 Å². The van der Waals surface area contributed by atoms with Gasteiger partial charge in [-0.2, -0.15) is 0 Å². The zero-order valence-corrected chi connectivity index (χ0v) is 13.9. The molecule has 0 aliphatic carbocycles. The Balaban J connectivity index is 1.83. The van der Waals surface area contributed by atoms with E-state index in [1.807, 2.05) is 13.0 Å². The molecule has 0 radical (unpaired) electrons. The third-order valence-corrected chi connectivity index (χ3v) is 5.10. The Morgan fingerprint density at radius 2 is 1.71 bits per heavy atom. The Morgan fingerprint density at radius 1 is 1.10 bits per heavy atom. The van der Waals surface area contributed by atoms with Crippen LogP contribution < -0.4 is 4.74 Å². The van der Waals surface area contributed by atoms with Crippen molar-refractivity contribution in [3.8, 4) is 5.75 Å². The Bertz CT molecular complexity index is 482. The highest BCUT2D eigenvalue weighted by Crippen LogP contribution is 2.19. The van der Waals surface area contributed by atoms with E-state index in [1.165, 1.54) is 43.3 Å². The average Bonchev–Trinajstić information content (AvgIpc) is 2.45. The van der Waals surface area contributed by atoms with Gasteiger partial charge in [-0.25, -0.2) is 4.39 Å². The molecule has 0 spiro atoms. The van der Waals surface area contributed by atoms with Crippen LogP contribution in [0.15, 0.2) is 18.2 Å². The van der Waals surface area contributed by atoms with Crippen LogP contribution in [0, 0.1) is 12.7 Å². The molecular formula is C17H29FN2O+2. The molecule has 1 fully saturated rings. The second-order valence-corrected chi connectivity index (χ2v) is 6.96. The fourth-order valence-corrected chi connectivity index (χ4v) is 2.83. The number of likely N-dealkylation sites (N-methyl/N-ethyl adjacent to an activating group) is 2. The lowest BCUT2D eigenvalue weighted by molar-refractivity contribution is -1.01. The van der Waals surface area contributed by atoms with Crippen LogP contribution in [0.3, 0.4) is 0 Å². The molecule has 21 heavy (non-hydrogen) atoms. The number of aryl methyl sites for hydroxylation is 1. The molecular weight excluding hydrogens is 267 g/mol. The van der Waals surface area contributed by atoms with Crippen molar-refractivity contribution in [2.75, 3.05) is 60.0 Å². The largest absolute Gasteiger partial charge is 0.485 e. The molecule has 1 aliphatic heterocycles. The molecule has 1 heterocycles. The Hall–Kier alpha value is -1.13. The molecule has 118 valence electrons. The van der Waals surface area contributed by atoms with Crippen LogP contribution >= 0.6 is 0 Å². The van der Waals surface area contributed by atoms with Crippen LogP contribution in [0.5, 0.6) is 5.75 Å². The summed E-state index contributed by atoms with van der Waals surface area (Å²) in [5, 5.41) is 0. The van der Waals surface area contributed by atoms with Gasteiger partial charge < -0.3 is 13.7 Å². The highest BCUT2D eigenvalue weighted by Gasteiger charge is 2.35. The van der Waals surface area contributed by atoms with E-state index in [-0.39, 0.29) is 5.82 Å². The van der Waals surface area contributed by atoms with Gasteiger partial charge in [0.05, 0.1) is 20.6 Å². The quantitative estimate of drug-likeness (QED) is 0.758. The van der Waals surface area contributed by atoms with Crippen molar-refractivity contribution in [2.24, 2.45) is 0 Å². The number of ether oxygens (including phenoxy) is 1. The number of benzene rings is 1. The summed E-state index contributed by atoms with van der Waals surface area (Å²) in [5.41, 5.74) is 0.923. The SMILES string of the molecule is CC[N+]1(C)CC[N+](C)(CCOc2ccc(C)cc2F)CC1. The number of hydrogen-bond donors (Lipinski definition) is 0. The van der Waals surface area contributed by atoms with E-state index in [0.717, 1.165) is 16.6 Å². The van der Waals surface area contributed by atoms with Gasteiger partial charge in [0.1, 0.15) is 39.3 Å². The Labute approximate surface area is 128 Å². The standard InChI is InChI=1S/C17H29FN2O/c1-5-19(3)8-10-20(4,11-9-19)12-13-21-17-7-6-15(2)14-16(17)18/h6-7,14H,5,8-13H2,1-4H3/q+2. The van der Waals surface area contributed by atoms with Gasteiger partial charge >= 0.3 is 0 Å². The second-order valence-electron chi connectivity index (χ2n) is 6.96. The molecule has 1 saturated heterocycles. The van der Waals surface area contributed by atoms with Crippen LogP contribution in [-0.4, -0.2) is 68.9 Å². The first kappa shape index (κ1) is 16.2. The zero-order chi connectivity index (χ0) is 15.5. The molecule has 1 aromatic rings. The molecule has 0 bridgehead atoms. The fourth-order valence-electron chi connectivity index (χ4n) is 2.83. The normalized spacial score (nSPS) is 29.4. The van der Waals surface area contributed by atoms with Crippen LogP contribution in [0.1, 0.15) is 12.5 Å². The van der Waals surface area contributed by atoms with Crippen molar-refractivity contribution in [2.45, 2.75) is 13.8 Å². The van der Waals surface area contributed by atoms with E-state index in [2.05, 4.69) is 21.0 Å². The first-order chi connectivity index (χ1) is 9.86. The first-order valence-electron chi connectivity index (χ1n) is 7.92. The van der Waals surface area contributed by atoms with Crippen LogP contribution in [-0.2, 0) is 0 Å². The van der Waals surface area contributed by atoms with E-state index in [9.17, 15) is 4.39 Å². The summed E-state index contributed by atoms with van der Waals surface area (Å²) in [6, 6.07) is 5.14. The van der Waals surface area contributed by atoms with Crippen molar-refractivity contribution in [1.82, 2.24) is 0 Å². The molecule has 3 nitrogen and oxygen atoms in total. The first-order valence-corrected chi connectivity index (χ1v) is 7.92. The molecule has 4 heteroatoms. The number of piperazine rings is 1. The number of nitrogens with zero attached hydrogens (tertiary/aromatic N) is 2. The van der Waals surface area contributed by atoms with Crippen LogP contribution in [0.25, 0.3) is 0 Å². The number of hydrogen-bond acceptors (Lipinski definition) is 1. The minimum Gasteiger partial charge on any atom is -0.485 e. The van der Waals surface area contributed by atoms with Crippen LogP contribution in [0.4, 0.5) is 4.39 Å². The van der Waals surface area contributed by atoms with E-state index < -0.39 is 0 Å². The third kappa shape index (κ3) is 4.17. The predicted octanol–water partition coefficient (Wildman–Crippen LogP) is 2.44. The van der Waals surface area contributed by atoms with Gasteiger partial charge in [0.25, 0.3) is 0 Å². The molecule has 2 rings (SSSR count). The minimum absolute atomic E-state index is 0.258. The summed E-state index contributed by atoms with van der Waals surface area (Å²) < 4.78 is 21.6. The molecule has 0 N–H and O–H groups in total. The van der Waals surface area contributed by atoms with Gasteiger partial charge in [0, 0.05) is 0 Å². The van der Waals surface area contributed by atoms with Crippen molar-refractivity contribution >= 4 is 0 Å². The van der Waals surface area contributed by atoms with E-state index in [0.29, 0.717) is 12.4 Å². The predicted molar refractivity (Wildman–Crippen MR) is 83.9 cm³/mol. The minimum atomic E-state index is -0.258. The van der Waals surface area contributed by atoms with Gasteiger partial charge in [-0.15, -0.1) is 0 Å². The van der Waals surface area contributed by atoms with E-state index in [4.69, 9.17) is 4.74 Å².